The van der Waals surface area contributed by atoms with Gasteiger partial charge in [-0.3, -0.25) is 0 Å². The van der Waals surface area contributed by atoms with Crippen molar-refractivity contribution in [3.8, 4) is 11.5 Å². The molecule has 0 aromatic carbocycles. The fraction of sp³-hybridized carbons (Fsp3) is 0.400. The van der Waals surface area contributed by atoms with Gasteiger partial charge in [0.15, 0.2) is 5.82 Å². The zero-order chi connectivity index (χ0) is 11.7. The molecule has 2 aromatic rings. The van der Waals surface area contributed by atoms with Gasteiger partial charge >= 0.3 is 0 Å². The fourth-order valence-corrected chi connectivity index (χ4v) is 1.42. The summed E-state index contributed by atoms with van der Waals surface area (Å²) < 4.78 is 10.4. The highest BCUT2D eigenvalue weighted by molar-refractivity contribution is 5.56. The molecule has 0 fully saturated rings. The molecule has 16 heavy (non-hydrogen) atoms. The van der Waals surface area contributed by atoms with Gasteiger partial charge in [0, 0.05) is 0 Å². The normalized spacial score (nSPS) is 13.0. The molecule has 2 rings (SSSR count). The minimum absolute atomic E-state index is 0.220. The Morgan fingerprint density at radius 1 is 1.50 bits per heavy atom. The van der Waals surface area contributed by atoms with E-state index < -0.39 is 6.04 Å². The molecule has 6 nitrogen and oxygen atoms in total. The van der Waals surface area contributed by atoms with Crippen LogP contribution in [0.15, 0.2) is 15.0 Å². The topological polar surface area (TPSA) is 98.3 Å². The van der Waals surface area contributed by atoms with Gasteiger partial charge in [-0.1, -0.05) is 5.16 Å². The van der Waals surface area contributed by atoms with E-state index in [2.05, 4.69) is 10.1 Å². The van der Waals surface area contributed by atoms with Crippen LogP contribution >= 0.6 is 0 Å². The van der Waals surface area contributed by atoms with Gasteiger partial charge in [0.25, 0.3) is 5.89 Å². The van der Waals surface area contributed by atoms with Gasteiger partial charge in [-0.25, -0.2) is 0 Å². The molecule has 3 N–H and O–H groups in total. The van der Waals surface area contributed by atoms with Gasteiger partial charge in [-0.15, -0.1) is 0 Å². The highest BCUT2D eigenvalue weighted by Gasteiger charge is 2.17. The van der Waals surface area contributed by atoms with Crippen molar-refractivity contribution in [3.63, 3.8) is 0 Å². The Morgan fingerprint density at radius 2 is 2.25 bits per heavy atom. The van der Waals surface area contributed by atoms with Gasteiger partial charge in [0.05, 0.1) is 18.2 Å². The lowest BCUT2D eigenvalue weighted by Crippen LogP contribution is -2.15. The highest BCUT2D eigenvalue weighted by atomic mass is 16.5. The largest absolute Gasteiger partial charge is 0.466 e. The first-order chi connectivity index (χ1) is 7.61. The summed E-state index contributed by atoms with van der Waals surface area (Å²) in [5.74, 6) is 2.13. The van der Waals surface area contributed by atoms with E-state index >= 15 is 0 Å². The van der Waals surface area contributed by atoms with Crippen molar-refractivity contribution in [3.05, 3.63) is 23.4 Å². The zero-order valence-corrected chi connectivity index (χ0v) is 9.10. The van der Waals surface area contributed by atoms with Crippen LogP contribution in [0.1, 0.15) is 23.4 Å². The molecule has 0 aliphatic rings. The molecular formula is C10H13N3O3. The molecule has 0 radical (unpaired) electrons. The van der Waals surface area contributed by atoms with E-state index in [1.807, 2.05) is 19.9 Å². The first kappa shape index (κ1) is 10.8. The number of aliphatic hydroxyl groups is 1. The van der Waals surface area contributed by atoms with Crippen LogP contribution in [0, 0.1) is 13.8 Å². The third kappa shape index (κ3) is 1.84. The number of hydrogen-bond acceptors (Lipinski definition) is 6. The van der Waals surface area contributed by atoms with E-state index in [-0.39, 0.29) is 12.4 Å². The predicted octanol–water partition coefficient (Wildman–Crippen LogP) is 0.939. The number of nitrogens with zero attached hydrogens (tertiary/aromatic N) is 2. The van der Waals surface area contributed by atoms with Crippen molar-refractivity contribution < 1.29 is 14.0 Å². The molecule has 0 aliphatic carbocycles. The van der Waals surface area contributed by atoms with Crippen LogP contribution in [0.2, 0.25) is 0 Å². The van der Waals surface area contributed by atoms with Crippen LogP contribution in [-0.4, -0.2) is 21.9 Å². The Hall–Kier alpha value is -1.66. The van der Waals surface area contributed by atoms with Crippen molar-refractivity contribution in [2.75, 3.05) is 6.61 Å². The number of aromatic nitrogens is 2. The maximum absolute atomic E-state index is 8.86. The lowest BCUT2D eigenvalue weighted by molar-refractivity contribution is 0.260. The first-order valence-electron chi connectivity index (χ1n) is 4.89. The fourth-order valence-electron chi connectivity index (χ4n) is 1.42. The quantitative estimate of drug-likeness (QED) is 0.803. The van der Waals surface area contributed by atoms with E-state index in [1.165, 1.54) is 0 Å². The molecule has 6 heteroatoms. The third-order valence-corrected chi connectivity index (χ3v) is 2.24. The van der Waals surface area contributed by atoms with Crippen molar-refractivity contribution in [2.24, 2.45) is 5.73 Å². The molecule has 0 saturated heterocycles. The van der Waals surface area contributed by atoms with Crippen LogP contribution in [0.25, 0.3) is 11.5 Å². The summed E-state index contributed by atoms with van der Waals surface area (Å²) in [5, 5.41) is 12.6. The lowest BCUT2D eigenvalue weighted by atomic mass is 10.2. The Labute approximate surface area is 92.1 Å². The summed E-state index contributed by atoms with van der Waals surface area (Å²) in [6.07, 6.45) is 0. The van der Waals surface area contributed by atoms with E-state index in [9.17, 15) is 0 Å². The smallest absolute Gasteiger partial charge is 0.261 e. The van der Waals surface area contributed by atoms with Gasteiger partial charge < -0.3 is 19.8 Å². The van der Waals surface area contributed by atoms with Crippen LogP contribution in [0.5, 0.6) is 0 Å². The Kier molecular flexibility index (Phi) is 2.76. The molecule has 2 aromatic heterocycles. The van der Waals surface area contributed by atoms with Gasteiger partial charge in [-0.05, 0) is 19.9 Å². The molecular weight excluding hydrogens is 210 g/mol. The molecule has 0 spiro atoms. The average molecular weight is 223 g/mol. The van der Waals surface area contributed by atoms with Crippen LogP contribution in [0.3, 0.4) is 0 Å². The minimum Gasteiger partial charge on any atom is -0.466 e. The minimum atomic E-state index is -0.620. The summed E-state index contributed by atoms with van der Waals surface area (Å²) in [4.78, 5) is 4.10. The second-order valence-corrected chi connectivity index (χ2v) is 3.57. The van der Waals surface area contributed by atoms with Crippen LogP contribution in [-0.2, 0) is 0 Å². The molecule has 0 amide bonds. The van der Waals surface area contributed by atoms with E-state index in [0.29, 0.717) is 11.7 Å². The van der Waals surface area contributed by atoms with Crippen LogP contribution in [0.4, 0.5) is 0 Å². The van der Waals surface area contributed by atoms with Gasteiger partial charge in [-0.2, -0.15) is 4.98 Å². The predicted molar refractivity (Wildman–Crippen MR) is 55.5 cm³/mol. The average Bonchev–Trinajstić information content (AvgIpc) is 2.83. The summed E-state index contributed by atoms with van der Waals surface area (Å²) in [5.41, 5.74) is 6.32. The van der Waals surface area contributed by atoms with Crippen molar-refractivity contribution in [2.45, 2.75) is 19.9 Å². The number of aryl methyl sites for hydroxylation is 2. The van der Waals surface area contributed by atoms with E-state index in [4.69, 9.17) is 19.8 Å². The third-order valence-electron chi connectivity index (χ3n) is 2.24. The molecule has 0 aliphatic heterocycles. The van der Waals surface area contributed by atoms with E-state index in [0.717, 1.165) is 11.3 Å². The van der Waals surface area contributed by atoms with Crippen molar-refractivity contribution in [1.82, 2.24) is 10.1 Å². The van der Waals surface area contributed by atoms with Crippen LogP contribution < -0.4 is 5.73 Å². The summed E-state index contributed by atoms with van der Waals surface area (Å²) in [7, 11) is 0. The summed E-state index contributed by atoms with van der Waals surface area (Å²) in [6, 6.07) is 1.20. The second-order valence-electron chi connectivity index (χ2n) is 3.57. The summed E-state index contributed by atoms with van der Waals surface area (Å²) in [6.45, 7) is 3.44. The maximum atomic E-state index is 8.86. The number of rotatable bonds is 3. The molecule has 1 unspecified atom stereocenters. The standard InChI is InChI=1S/C10H13N3O3/c1-5-3-7(6(2)15-5)10-12-9(13-16-10)8(11)4-14/h3,8,14H,4,11H2,1-2H3. The maximum Gasteiger partial charge on any atom is 0.261 e. The van der Waals surface area contributed by atoms with Gasteiger partial charge in [0.2, 0.25) is 0 Å². The molecule has 86 valence electrons. The number of furan rings is 1. The molecule has 0 saturated carbocycles. The Bertz CT molecular complexity index is 489. The SMILES string of the molecule is Cc1cc(-c2nc(C(N)CO)no2)c(C)o1. The Balaban J connectivity index is 2.35. The molecule has 2 heterocycles. The zero-order valence-electron chi connectivity index (χ0n) is 9.10. The van der Waals surface area contributed by atoms with E-state index in [1.54, 1.807) is 0 Å². The monoisotopic (exact) mass is 223 g/mol. The lowest BCUT2D eigenvalue weighted by Gasteiger charge is -1.98. The Morgan fingerprint density at radius 3 is 2.81 bits per heavy atom. The van der Waals surface area contributed by atoms with Crippen molar-refractivity contribution >= 4 is 0 Å². The molecule has 0 bridgehead atoms. The number of aliphatic hydroxyl groups excluding tert-OH is 1. The number of nitrogens with two attached hydrogens (primary N) is 1. The second kappa shape index (κ2) is 4.07. The molecule has 1 atom stereocenters. The van der Waals surface area contributed by atoms with Gasteiger partial charge in [0.1, 0.15) is 11.5 Å². The first-order valence-corrected chi connectivity index (χ1v) is 4.89. The highest BCUT2D eigenvalue weighted by Crippen LogP contribution is 2.25. The number of hydrogen-bond donors (Lipinski definition) is 2. The van der Waals surface area contributed by atoms with Crippen molar-refractivity contribution in [1.29, 1.82) is 0 Å². The summed E-state index contributed by atoms with van der Waals surface area (Å²) >= 11 is 0.